The summed E-state index contributed by atoms with van der Waals surface area (Å²) >= 11 is 0. The van der Waals surface area contributed by atoms with Gasteiger partial charge in [0.15, 0.2) is 0 Å². The lowest BCUT2D eigenvalue weighted by Gasteiger charge is -2.08. The van der Waals surface area contributed by atoms with Crippen LogP contribution < -0.4 is 5.73 Å². The van der Waals surface area contributed by atoms with Crippen molar-refractivity contribution < 1.29 is 0 Å². The minimum atomic E-state index is 0.847. The zero-order valence-electron chi connectivity index (χ0n) is 14.1. The van der Waals surface area contributed by atoms with E-state index in [0.717, 1.165) is 12.1 Å². The highest BCUT2D eigenvalue weighted by Crippen LogP contribution is 2.18. The fourth-order valence-electron chi connectivity index (χ4n) is 2.89. The van der Waals surface area contributed by atoms with E-state index >= 15 is 0 Å². The second kappa shape index (κ2) is 8.63. The molecule has 0 atom stereocenters. The highest BCUT2D eigenvalue weighted by molar-refractivity contribution is 5.45. The minimum absolute atomic E-state index is 0.847. The van der Waals surface area contributed by atoms with Crippen molar-refractivity contribution in [2.24, 2.45) is 0 Å². The first-order valence-corrected chi connectivity index (χ1v) is 8.62. The normalized spacial score (nSPS) is 10.8. The van der Waals surface area contributed by atoms with Crippen molar-refractivity contribution in [1.82, 2.24) is 0 Å². The van der Waals surface area contributed by atoms with Crippen molar-refractivity contribution in [2.45, 2.75) is 58.8 Å². The lowest BCUT2D eigenvalue weighted by molar-refractivity contribution is 0.632. The van der Waals surface area contributed by atoms with Gasteiger partial charge in [-0.05, 0) is 60.6 Å². The third-order valence-corrected chi connectivity index (χ3v) is 4.35. The van der Waals surface area contributed by atoms with Crippen LogP contribution in [0.2, 0.25) is 0 Å². The lowest BCUT2D eigenvalue weighted by Crippen LogP contribution is -1.95. The number of benzene rings is 2. The molecule has 0 spiro atoms. The number of nitrogen functional groups attached to an aromatic ring is 1. The summed E-state index contributed by atoms with van der Waals surface area (Å²) in [4.78, 5) is 0. The van der Waals surface area contributed by atoms with Crippen LogP contribution in [0.15, 0.2) is 42.5 Å². The first kappa shape index (κ1) is 16.6. The Morgan fingerprint density at radius 3 is 2.18 bits per heavy atom. The van der Waals surface area contributed by atoms with Crippen molar-refractivity contribution >= 4 is 5.69 Å². The van der Waals surface area contributed by atoms with E-state index in [2.05, 4.69) is 50.2 Å². The maximum absolute atomic E-state index is 5.82. The molecule has 0 radical (unpaired) electrons. The van der Waals surface area contributed by atoms with Gasteiger partial charge in [-0.25, -0.2) is 0 Å². The average Bonchev–Trinajstić information content (AvgIpc) is 2.51. The van der Waals surface area contributed by atoms with Crippen molar-refractivity contribution in [3.05, 3.63) is 64.7 Å². The SMILES string of the molecule is CCCCCCCc1ccc(Cc2ccc(N)cc2C)cc1. The standard InChI is InChI=1S/C21H29N/c1-3-4-5-6-7-8-18-9-11-19(12-10-18)16-20-13-14-21(22)15-17(20)2/h9-15H,3-8,16,22H2,1-2H3. The average molecular weight is 295 g/mol. The van der Waals surface area contributed by atoms with Crippen LogP contribution in [0.25, 0.3) is 0 Å². The third-order valence-electron chi connectivity index (χ3n) is 4.35. The van der Waals surface area contributed by atoms with Gasteiger partial charge in [0.25, 0.3) is 0 Å². The van der Waals surface area contributed by atoms with Crippen LogP contribution in [-0.4, -0.2) is 0 Å². The quantitative estimate of drug-likeness (QED) is 0.492. The second-order valence-electron chi connectivity index (χ2n) is 6.34. The summed E-state index contributed by atoms with van der Waals surface area (Å²) in [6.07, 6.45) is 8.95. The van der Waals surface area contributed by atoms with Gasteiger partial charge in [0.1, 0.15) is 0 Å². The van der Waals surface area contributed by atoms with E-state index in [4.69, 9.17) is 5.73 Å². The minimum Gasteiger partial charge on any atom is -0.399 e. The summed E-state index contributed by atoms with van der Waals surface area (Å²) in [5.74, 6) is 0. The molecule has 0 aliphatic rings. The first-order chi connectivity index (χ1) is 10.7. The van der Waals surface area contributed by atoms with Gasteiger partial charge in [0.2, 0.25) is 0 Å². The Balaban J connectivity index is 1.86. The summed E-state index contributed by atoms with van der Waals surface area (Å²) < 4.78 is 0. The number of unbranched alkanes of at least 4 members (excludes halogenated alkanes) is 4. The first-order valence-electron chi connectivity index (χ1n) is 8.62. The Labute approximate surface area is 135 Å². The summed E-state index contributed by atoms with van der Waals surface area (Å²) in [5, 5.41) is 0. The zero-order chi connectivity index (χ0) is 15.8. The summed E-state index contributed by atoms with van der Waals surface area (Å²) in [5.41, 5.74) is 12.1. The van der Waals surface area contributed by atoms with Crippen molar-refractivity contribution in [2.75, 3.05) is 5.73 Å². The number of nitrogens with two attached hydrogens (primary N) is 1. The van der Waals surface area contributed by atoms with Gasteiger partial charge in [0, 0.05) is 5.69 Å². The Morgan fingerprint density at radius 1 is 0.818 bits per heavy atom. The summed E-state index contributed by atoms with van der Waals surface area (Å²) in [6, 6.07) is 15.3. The van der Waals surface area contributed by atoms with Crippen LogP contribution in [0, 0.1) is 6.92 Å². The van der Waals surface area contributed by atoms with Crippen molar-refractivity contribution in [3.63, 3.8) is 0 Å². The smallest absolute Gasteiger partial charge is 0.0316 e. The van der Waals surface area contributed by atoms with Gasteiger partial charge in [-0.15, -0.1) is 0 Å². The molecule has 118 valence electrons. The third kappa shape index (κ3) is 5.22. The van der Waals surface area contributed by atoms with E-state index in [1.165, 1.54) is 60.8 Å². The highest BCUT2D eigenvalue weighted by atomic mass is 14.5. The number of aryl methyl sites for hydroxylation is 2. The highest BCUT2D eigenvalue weighted by Gasteiger charge is 2.01. The van der Waals surface area contributed by atoms with E-state index in [0.29, 0.717) is 0 Å². The molecule has 2 aromatic carbocycles. The molecule has 0 bridgehead atoms. The number of hydrogen-bond donors (Lipinski definition) is 1. The molecular weight excluding hydrogens is 266 g/mol. The lowest BCUT2D eigenvalue weighted by atomic mass is 9.98. The van der Waals surface area contributed by atoms with Crippen LogP contribution in [0.1, 0.15) is 61.3 Å². The van der Waals surface area contributed by atoms with Gasteiger partial charge in [-0.2, -0.15) is 0 Å². The molecule has 1 nitrogen and oxygen atoms in total. The molecule has 2 N–H and O–H groups in total. The fourth-order valence-corrected chi connectivity index (χ4v) is 2.89. The Morgan fingerprint density at radius 2 is 1.50 bits per heavy atom. The topological polar surface area (TPSA) is 26.0 Å². The number of hydrogen-bond acceptors (Lipinski definition) is 1. The molecule has 0 aliphatic heterocycles. The maximum Gasteiger partial charge on any atom is 0.0316 e. The molecule has 0 fully saturated rings. The van der Waals surface area contributed by atoms with Crippen LogP contribution in [0.4, 0.5) is 5.69 Å². The molecule has 2 aromatic rings. The Bertz CT molecular complexity index is 569. The van der Waals surface area contributed by atoms with E-state index in [1.54, 1.807) is 0 Å². The second-order valence-corrected chi connectivity index (χ2v) is 6.34. The van der Waals surface area contributed by atoms with Gasteiger partial charge in [-0.3, -0.25) is 0 Å². The molecular formula is C21H29N. The van der Waals surface area contributed by atoms with Crippen LogP contribution in [0.5, 0.6) is 0 Å². The maximum atomic E-state index is 5.82. The van der Waals surface area contributed by atoms with E-state index in [-0.39, 0.29) is 0 Å². The summed E-state index contributed by atoms with van der Waals surface area (Å²) in [7, 11) is 0. The molecule has 0 saturated heterocycles. The van der Waals surface area contributed by atoms with E-state index in [1.807, 2.05) is 6.07 Å². The molecule has 22 heavy (non-hydrogen) atoms. The molecule has 0 aliphatic carbocycles. The van der Waals surface area contributed by atoms with Crippen LogP contribution in [0.3, 0.4) is 0 Å². The fraction of sp³-hybridized carbons (Fsp3) is 0.429. The number of anilines is 1. The van der Waals surface area contributed by atoms with Gasteiger partial charge >= 0.3 is 0 Å². The molecule has 0 unspecified atom stereocenters. The molecule has 0 heterocycles. The van der Waals surface area contributed by atoms with E-state index in [9.17, 15) is 0 Å². The zero-order valence-corrected chi connectivity index (χ0v) is 14.1. The predicted molar refractivity (Wildman–Crippen MR) is 97.3 cm³/mol. The monoisotopic (exact) mass is 295 g/mol. The molecule has 2 rings (SSSR count). The van der Waals surface area contributed by atoms with Crippen molar-refractivity contribution in [1.29, 1.82) is 0 Å². The largest absolute Gasteiger partial charge is 0.399 e. The van der Waals surface area contributed by atoms with Gasteiger partial charge in [0.05, 0.1) is 0 Å². The van der Waals surface area contributed by atoms with Gasteiger partial charge < -0.3 is 5.73 Å². The summed E-state index contributed by atoms with van der Waals surface area (Å²) in [6.45, 7) is 4.40. The Kier molecular flexibility index (Phi) is 6.51. The van der Waals surface area contributed by atoms with Crippen LogP contribution >= 0.6 is 0 Å². The Hall–Kier alpha value is -1.76. The molecule has 0 amide bonds. The predicted octanol–water partition coefficient (Wildman–Crippen LogP) is 5.68. The molecule has 0 aromatic heterocycles. The van der Waals surface area contributed by atoms with Gasteiger partial charge in [-0.1, -0.05) is 62.9 Å². The molecule has 1 heteroatoms. The van der Waals surface area contributed by atoms with E-state index < -0.39 is 0 Å². The van der Waals surface area contributed by atoms with Crippen LogP contribution in [-0.2, 0) is 12.8 Å². The molecule has 0 saturated carbocycles. The number of rotatable bonds is 8. The van der Waals surface area contributed by atoms with Crippen molar-refractivity contribution in [3.8, 4) is 0 Å².